The normalized spacial score (nSPS) is 13.4. The lowest BCUT2D eigenvalue weighted by Crippen LogP contribution is -2.40. The number of hydrogen-bond acceptors (Lipinski definition) is 4. The van der Waals surface area contributed by atoms with Crippen LogP contribution < -0.4 is 5.32 Å². The van der Waals surface area contributed by atoms with Crippen molar-refractivity contribution in [3.8, 4) is 10.6 Å². The van der Waals surface area contributed by atoms with Crippen LogP contribution in [0.3, 0.4) is 0 Å². The number of nitrogens with zero attached hydrogens (tertiary/aromatic N) is 2. The van der Waals surface area contributed by atoms with Crippen LogP contribution in [0.1, 0.15) is 6.92 Å². The van der Waals surface area contributed by atoms with Gasteiger partial charge in [0.25, 0.3) is 0 Å². The fraction of sp³-hybridized carbons (Fsp3) is 0.333. The molecule has 0 saturated carbocycles. The van der Waals surface area contributed by atoms with Gasteiger partial charge in [-0.1, -0.05) is 0 Å². The Balaban J connectivity index is 1.98. The zero-order chi connectivity index (χ0) is 16.1. The van der Waals surface area contributed by atoms with Crippen molar-refractivity contribution in [3.05, 3.63) is 35.8 Å². The Morgan fingerprint density at radius 3 is 2.64 bits per heavy atom. The van der Waals surface area contributed by atoms with Crippen molar-refractivity contribution in [2.45, 2.75) is 13.0 Å². The number of hydrogen-bond donors (Lipinski definition) is 1. The summed E-state index contributed by atoms with van der Waals surface area (Å²) in [5.74, 6) is 0.465. The minimum absolute atomic E-state index is 0.0829. The van der Waals surface area contributed by atoms with Gasteiger partial charge < -0.3 is 10.2 Å². The van der Waals surface area contributed by atoms with E-state index in [0.717, 1.165) is 16.3 Å². The third-order valence-corrected chi connectivity index (χ3v) is 5.05. The number of benzene rings is 1. The van der Waals surface area contributed by atoms with Crippen LogP contribution in [0.2, 0.25) is 0 Å². The molecule has 7 heteroatoms. The molecule has 0 radical (unpaired) electrons. The van der Waals surface area contributed by atoms with Gasteiger partial charge in [0.1, 0.15) is 5.01 Å². The molecule has 0 aliphatic heterocycles. The molecule has 0 fully saturated rings. The van der Waals surface area contributed by atoms with Gasteiger partial charge in [-0.2, -0.15) is 0 Å². The summed E-state index contributed by atoms with van der Waals surface area (Å²) in [7, 11) is 0.778. The molecular weight excluding hydrogens is 318 g/mol. The minimum atomic E-state index is -0.927. The van der Waals surface area contributed by atoms with E-state index < -0.39 is 10.8 Å². The molecule has 0 aliphatic rings. The molecule has 2 atom stereocenters. The van der Waals surface area contributed by atoms with Crippen LogP contribution in [0.25, 0.3) is 10.6 Å². The van der Waals surface area contributed by atoms with Crippen molar-refractivity contribution in [2.75, 3.05) is 24.4 Å². The molecule has 2 aromatic rings. The molecular formula is C15H19N3O2S2. The van der Waals surface area contributed by atoms with Crippen molar-refractivity contribution in [1.82, 2.24) is 9.88 Å². The van der Waals surface area contributed by atoms with E-state index in [1.54, 1.807) is 35.7 Å². The van der Waals surface area contributed by atoms with Crippen molar-refractivity contribution >= 4 is 33.9 Å². The molecule has 1 N–H and O–H groups in total. The Morgan fingerprint density at radius 2 is 2.09 bits per heavy atom. The van der Waals surface area contributed by atoms with Crippen LogP contribution in [0, 0.1) is 0 Å². The Bertz CT molecular complexity index is 641. The van der Waals surface area contributed by atoms with E-state index in [-0.39, 0.29) is 12.1 Å². The summed E-state index contributed by atoms with van der Waals surface area (Å²) in [6, 6.07) is 7.27. The number of carbonyl (C=O) groups excluding carboxylic acids is 1. The average Bonchev–Trinajstić information content (AvgIpc) is 3.00. The summed E-state index contributed by atoms with van der Waals surface area (Å²) in [6.07, 6.45) is 3.41. The van der Waals surface area contributed by atoms with Crippen LogP contribution in [0.4, 0.5) is 10.5 Å². The monoisotopic (exact) mass is 337 g/mol. The number of rotatable bonds is 5. The number of aromatic nitrogens is 1. The van der Waals surface area contributed by atoms with E-state index in [2.05, 4.69) is 10.3 Å². The average molecular weight is 337 g/mol. The summed E-state index contributed by atoms with van der Waals surface area (Å²) in [5, 5.41) is 5.72. The lowest BCUT2D eigenvalue weighted by Gasteiger charge is -2.24. The highest BCUT2D eigenvalue weighted by Gasteiger charge is 2.16. The molecule has 5 nitrogen and oxygen atoms in total. The summed E-state index contributed by atoms with van der Waals surface area (Å²) < 4.78 is 11.2. The number of amides is 2. The first-order valence-corrected chi connectivity index (χ1v) is 9.42. The molecule has 0 spiro atoms. The maximum Gasteiger partial charge on any atom is 0.321 e. The summed E-state index contributed by atoms with van der Waals surface area (Å²) >= 11 is 1.57. The first kappa shape index (κ1) is 16.6. The first-order chi connectivity index (χ1) is 10.5. The Labute approximate surface area is 136 Å². The lowest BCUT2D eigenvalue weighted by molar-refractivity contribution is 0.212. The Morgan fingerprint density at radius 1 is 1.41 bits per heavy atom. The SMILES string of the molecule is C[C@H](C[S@@](C)=O)N(C)C(=O)Nc1ccc(-c2nccs2)cc1. The molecule has 2 amide bonds. The van der Waals surface area contributed by atoms with Crippen molar-refractivity contribution in [3.63, 3.8) is 0 Å². The second-order valence-electron chi connectivity index (χ2n) is 5.04. The third-order valence-electron chi connectivity index (χ3n) is 3.27. The van der Waals surface area contributed by atoms with Gasteiger partial charge in [-0.3, -0.25) is 4.21 Å². The maximum atomic E-state index is 12.2. The quantitative estimate of drug-likeness (QED) is 0.912. The lowest BCUT2D eigenvalue weighted by atomic mass is 10.2. The van der Waals surface area contributed by atoms with Gasteiger partial charge in [-0.15, -0.1) is 11.3 Å². The number of thiazole rings is 1. The second-order valence-corrected chi connectivity index (χ2v) is 7.42. The zero-order valence-corrected chi connectivity index (χ0v) is 14.4. The van der Waals surface area contributed by atoms with Crippen molar-refractivity contribution < 1.29 is 9.00 Å². The van der Waals surface area contributed by atoms with E-state index >= 15 is 0 Å². The predicted molar refractivity (Wildman–Crippen MR) is 92.7 cm³/mol. The number of anilines is 1. The highest BCUT2D eigenvalue weighted by molar-refractivity contribution is 7.84. The van der Waals surface area contributed by atoms with Crippen LogP contribution in [0.15, 0.2) is 35.8 Å². The number of urea groups is 1. The minimum Gasteiger partial charge on any atom is -0.324 e. The summed E-state index contributed by atoms with van der Waals surface area (Å²) in [6.45, 7) is 1.88. The van der Waals surface area contributed by atoms with E-state index in [9.17, 15) is 9.00 Å². The van der Waals surface area contributed by atoms with E-state index in [4.69, 9.17) is 0 Å². The standard InChI is InChI=1S/C15H19N3O2S2/c1-11(10-22(3)20)18(2)15(19)17-13-6-4-12(5-7-13)14-16-8-9-21-14/h4-9,11H,10H2,1-3H3,(H,17,19)/t11-,22-/m1/s1. The van der Waals surface area contributed by atoms with E-state index in [0.29, 0.717) is 5.75 Å². The number of nitrogens with one attached hydrogen (secondary N) is 1. The third kappa shape index (κ3) is 4.38. The smallest absolute Gasteiger partial charge is 0.321 e. The maximum absolute atomic E-state index is 12.2. The van der Waals surface area contributed by atoms with Gasteiger partial charge in [0.15, 0.2) is 0 Å². The molecule has 1 aromatic heterocycles. The molecule has 0 saturated heterocycles. The highest BCUT2D eigenvalue weighted by atomic mass is 32.2. The number of carbonyl (C=O) groups is 1. The Hall–Kier alpha value is -1.73. The van der Waals surface area contributed by atoms with Crippen LogP contribution in [0.5, 0.6) is 0 Å². The molecule has 0 unspecified atom stereocenters. The fourth-order valence-corrected chi connectivity index (χ4v) is 3.47. The molecule has 0 aliphatic carbocycles. The van der Waals surface area contributed by atoms with Gasteiger partial charge in [-0.05, 0) is 31.2 Å². The van der Waals surface area contributed by atoms with Gasteiger partial charge in [0, 0.05) is 58.7 Å². The predicted octanol–water partition coefficient (Wildman–Crippen LogP) is 3.04. The molecule has 1 heterocycles. The van der Waals surface area contributed by atoms with Gasteiger partial charge in [0.05, 0.1) is 0 Å². The summed E-state index contributed by atoms with van der Waals surface area (Å²) in [4.78, 5) is 18.0. The van der Waals surface area contributed by atoms with Gasteiger partial charge >= 0.3 is 6.03 Å². The van der Waals surface area contributed by atoms with Crippen molar-refractivity contribution in [1.29, 1.82) is 0 Å². The van der Waals surface area contributed by atoms with Crippen LogP contribution in [-0.4, -0.2) is 45.2 Å². The molecule has 1 aromatic carbocycles. The Kier molecular flexibility index (Phi) is 5.68. The van der Waals surface area contributed by atoms with Crippen molar-refractivity contribution in [2.24, 2.45) is 0 Å². The molecule has 22 heavy (non-hydrogen) atoms. The van der Waals surface area contributed by atoms with Crippen LogP contribution in [-0.2, 0) is 10.8 Å². The van der Waals surface area contributed by atoms with Gasteiger partial charge in [0.2, 0.25) is 0 Å². The zero-order valence-electron chi connectivity index (χ0n) is 12.8. The fourth-order valence-electron chi connectivity index (χ4n) is 1.93. The van der Waals surface area contributed by atoms with E-state index in [1.165, 1.54) is 0 Å². The van der Waals surface area contributed by atoms with Crippen LogP contribution >= 0.6 is 11.3 Å². The molecule has 118 valence electrons. The highest BCUT2D eigenvalue weighted by Crippen LogP contribution is 2.23. The van der Waals surface area contributed by atoms with Gasteiger partial charge in [-0.25, -0.2) is 9.78 Å². The second kappa shape index (κ2) is 7.51. The topological polar surface area (TPSA) is 62.3 Å². The summed E-state index contributed by atoms with van der Waals surface area (Å²) in [5.41, 5.74) is 1.75. The van der Waals surface area contributed by atoms with E-state index in [1.807, 2.05) is 36.6 Å². The molecule has 2 rings (SSSR count). The molecule has 0 bridgehead atoms. The first-order valence-electron chi connectivity index (χ1n) is 6.81. The largest absolute Gasteiger partial charge is 0.324 e.